The van der Waals surface area contributed by atoms with Crippen molar-refractivity contribution in [2.75, 3.05) is 0 Å². The molecule has 0 bridgehead atoms. The Bertz CT molecular complexity index is 433. The third-order valence-corrected chi connectivity index (χ3v) is 4.77. The molecule has 1 N–H and O–H groups in total. The maximum Gasteiger partial charge on any atom is 0.0899 e. The summed E-state index contributed by atoms with van der Waals surface area (Å²) in [5.74, 6) is 0. The molecule has 1 atom stereocenters. The second-order valence-corrected chi connectivity index (χ2v) is 6.80. The van der Waals surface area contributed by atoms with E-state index in [9.17, 15) is 5.11 Å². The van der Waals surface area contributed by atoms with Gasteiger partial charge in [0.25, 0.3) is 0 Å². The molecule has 1 heteroatoms. The largest absolute Gasteiger partial charge is 0.385 e. The molecule has 1 saturated carbocycles. The van der Waals surface area contributed by atoms with E-state index in [1.807, 2.05) is 0 Å². The summed E-state index contributed by atoms with van der Waals surface area (Å²) in [7, 11) is 0. The van der Waals surface area contributed by atoms with E-state index in [-0.39, 0.29) is 0 Å². The van der Waals surface area contributed by atoms with E-state index >= 15 is 0 Å². The molecule has 100 valence electrons. The molecule has 1 aliphatic rings. The maximum absolute atomic E-state index is 11.1. The van der Waals surface area contributed by atoms with Gasteiger partial charge in [0.15, 0.2) is 0 Å². The highest BCUT2D eigenvalue weighted by atomic mass is 16.3. The van der Waals surface area contributed by atoms with Crippen molar-refractivity contribution in [3.05, 3.63) is 34.9 Å². The lowest BCUT2D eigenvalue weighted by atomic mass is 9.81. The zero-order valence-electron chi connectivity index (χ0n) is 12.2. The van der Waals surface area contributed by atoms with Crippen LogP contribution in [0.1, 0.15) is 62.6 Å². The fourth-order valence-corrected chi connectivity index (χ4v) is 3.18. The van der Waals surface area contributed by atoms with Gasteiger partial charge in [0.05, 0.1) is 5.60 Å². The molecule has 0 spiro atoms. The van der Waals surface area contributed by atoms with E-state index in [0.717, 1.165) is 31.2 Å². The van der Waals surface area contributed by atoms with Gasteiger partial charge in [-0.15, -0.1) is 0 Å². The lowest BCUT2D eigenvalue weighted by Gasteiger charge is -2.30. The first-order valence-corrected chi connectivity index (χ1v) is 7.13. The molecule has 1 unspecified atom stereocenters. The highest BCUT2D eigenvalue weighted by molar-refractivity contribution is 5.37. The molecule has 0 saturated heterocycles. The smallest absolute Gasteiger partial charge is 0.0899 e. The molecule has 0 aromatic heterocycles. The Labute approximate surface area is 111 Å². The topological polar surface area (TPSA) is 20.2 Å². The van der Waals surface area contributed by atoms with Crippen LogP contribution in [0, 0.1) is 19.3 Å². The molecule has 0 radical (unpaired) electrons. The van der Waals surface area contributed by atoms with Gasteiger partial charge < -0.3 is 5.11 Å². The summed E-state index contributed by atoms with van der Waals surface area (Å²) in [5.41, 5.74) is 3.47. The Kier molecular flexibility index (Phi) is 3.55. The Morgan fingerprint density at radius 2 is 1.72 bits per heavy atom. The van der Waals surface area contributed by atoms with Crippen molar-refractivity contribution in [2.24, 2.45) is 5.41 Å². The zero-order valence-corrected chi connectivity index (χ0v) is 12.2. The molecule has 2 rings (SSSR count). The Morgan fingerprint density at radius 3 is 2.44 bits per heavy atom. The monoisotopic (exact) mass is 246 g/mol. The highest BCUT2D eigenvalue weighted by Crippen LogP contribution is 2.43. The Morgan fingerprint density at radius 1 is 1.00 bits per heavy atom. The maximum atomic E-state index is 11.1. The summed E-state index contributed by atoms with van der Waals surface area (Å²) in [6.07, 6.45) is 5.25. The predicted molar refractivity (Wildman–Crippen MR) is 76.7 cm³/mol. The summed E-state index contributed by atoms with van der Waals surface area (Å²) in [6.45, 7) is 8.91. The van der Waals surface area contributed by atoms with E-state index in [1.54, 1.807) is 0 Å². The normalized spacial score (nSPS) is 27.8. The second kappa shape index (κ2) is 4.70. The fraction of sp³-hybridized carbons (Fsp3) is 0.647. The summed E-state index contributed by atoms with van der Waals surface area (Å²) in [6, 6.07) is 6.31. The first-order chi connectivity index (χ1) is 8.34. The number of aryl methyl sites for hydroxylation is 1. The van der Waals surface area contributed by atoms with Gasteiger partial charge in [-0.05, 0) is 68.1 Å². The van der Waals surface area contributed by atoms with Gasteiger partial charge in [-0.3, -0.25) is 0 Å². The molecule has 1 aromatic rings. The minimum Gasteiger partial charge on any atom is -0.385 e. The van der Waals surface area contributed by atoms with Crippen molar-refractivity contribution in [2.45, 2.75) is 65.4 Å². The van der Waals surface area contributed by atoms with Crippen LogP contribution >= 0.6 is 0 Å². The minimum atomic E-state index is -0.607. The third-order valence-electron chi connectivity index (χ3n) is 4.77. The summed E-state index contributed by atoms with van der Waals surface area (Å²) >= 11 is 0. The summed E-state index contributed by atoms with van der Waals surface area (Å²) in [5, 5.41) is 11.1. The summed E-state index contributed by atoms with van der Waals surface area (Å²) < 4.78 is 0. The molecule has 18 heavy (non-hydrogen) atoms. The van der Waals surface area contributed by atoms with Crippen LogP contribution in [0.25, 0.3) is 0 Å². The molecular formula is C17H26O. The van der Waals surface area contributed by atoms with Crippen molar-refractivity contribution in [3.63, 3.8) is 0 Å². The van der Waals surface area contributed by atoms with Crippen molar-refractivity contribution in [1.29, 1.82) is 0 Å². The van der Waals surface area contributed by atoms with Crippen LogP contribution in [-0.4, -0.2) is 5.11 Å². The van der Waals surface area contributed by atoms with Gasteiger partial charge in [-0.2, -0.15) is 0 Å². The van der Waals surface area contributed by atoms with Crippen molar-refractivity contribution < 1.29 is 5.11 Å². The van der Waals surface area contributed by atoms with E-state index in [0.29, 0.717) is 5.41 Å². The van der Waals surface area contributed by atoms with Gasteiger partial charge in [-0.1, -0.05) is 32.0 Å². The Hall–Kier alpha value is -0.820. The van der Waals surface area contributed by atoms with Crippen LogP contribution in [0.15, 0.2) is 18.2 Å². The van der Waals surface area contributed by atoms with E-state index in [4.69, 9.17) is 0 Å². The molecular weight excluding hydrogens is 220 g/mol. The number of hydrogen-bond acceptors (Lipinski definition) is 1. The standard InChI is InChI=1S/C17H26O/c1-13-7-5-8-15(14(13)2)17(18)10-6-9-16(3,4)11-12-17/h5,7-8,18H,6,9-12H2,1-4H3. The molecule has 1 nitrogen and oxygen atoms in total. The second-order valence-electron chi connectivity index (χ2n) is 6.80. The molecule has 0 aliphatic heterocycles. The lowest BCUT2D eigenvalue weighted by molar-refractivity contribution is 0.0174. The zero-order chi connectivity index (χ0) is 13.4. The molecule has 1 aromatic carbocycles. The molecule has 0 heterocycles. The van der Waals surface area contributed by atoms with Crippen LogP contribution in [0.4, 0.5) is 0 Å². The van der Waals surface area contributed by atoms with Crippen LogP contribution < -0.4 is 0 Å². The van der Waals surface area contributed by atoms with Gasteiger partial charge in [0.2, 0.25) is 0 Å². The van der Waals surface area contributed by atoms with Crippen LogP contribution in [-0.2, 0) is 5.60 Å². The minimum absolute atomic E-state index is 0.377. The van der Waals surface area contributed by atoms with Crippen LogP contribution in [0.5, 0.6) is 0 Å². The Balaban J connectivity index is 2.33. The van der Waals surface area contributed by atoms with Crippen molar-refractivity contribution >= 4 is 0 Å². The predicted octanol–water partition coefficient (Wildman–Crippen LogP) is 4.48. The quantitative estimate of drug-likeness (QED) is 0.724. The first kappa shape index (κ1) is 13.6. The molecule has 1 fully saturated rings. The van der Waals surface area contributed by atoms with E-state index < -0.39 is 5.60 Å². The summed E-state index contributed by atoms with van der Waals surface area (Å²) in [4.78, 5) is 0. The molecule has 0 amide bonds. The first-order valence-electron chi connectivity index (χ1n) is 7.13. The number of rotatable bonds is 1. The average molecular weight is 246 g/mol. The van der Waals surface area contributed by atoms with Gasteiger partial charge in [0, 0.05) is 0 Å². The molecule has 1 aliphatic carbocycles. The highest BCUT2D eigenvalue weighted by Gasteiger charge is 2.36. The van der Waals surface area contributed by atoms with E-state index in [1.165, 1.54) is 17.5 Å². The number of benzene rings is 1. The SMILES string of the molecule is Cc1cccc(C2(O)CCCC(C)(C)CC2)c1C. The third kappa shape index (κ3) is 2.61. The number of hydrogen-bond donors (Lipinski definition) is 1. The fourth-order valence-electron chi connectivity index (χ4n) is 3.18. The van der Waals surface area contributed by atoms with Crippen LogP contribution in [0.3, 0.4) is 0 Å². The lowest BCUT2D eigenvalue weighted by Crippen LogP contribution is -2.26. The van der Waals surface area contributed by atoms with Crippen molar-refractivity contribution in [1.82, 2.24) is 0 Å². The van der Waals surface area contributed by atoms with Gasteiger partial charge >= 0.3 is 0 Å². The van der Waals surface area contributed by atoms with Gasteiger partial charge in [0.1, 0.15) is 0 Å². The average Bonchev–Trinajstić information content (AvgIpc) is 2.43. The van der Waals surface area contributed by atoms with Crippen molar-refractivity contribution in [3.8, 4) is 0 Å². The van der Waals surface area contributed by atoms with Gasteiger partial charge in [-0.25, -0.2) is 0 Å². The van der Waals surface area contributed by atoms with Crippen LogP contribution in [0.2, 0.25) is 0 Å². The number of aliphatic hydroxyl groups is 1. The van der Waals surface area contributed by atoms with E-state index in [2.05, 4.69) is 45.9 Å².